The van der Waals surface area contributed by atoms with Gasteiger partial charge in [-0.25, -0.2) is 4.79 Å². The van der Waals surface area contributed by atoms with Crippen LogP contribution in [0.25, 0.3) is 23.3 Å². The van der Waals surface area contributed by atoms with Crippen molar-refractivity contribution in [2.75, 3.05) is 13.2 Å². The van der Waals surface area contributed by atoms with Gasteiger partial charge in [0.2, 0.25) is 0 Å². The zero-order valence-corrected chi connectivity index (χ0v) is 22.5. The molecule has 38 heavy (non-hydrogen) atoms. The van der Waals surface area contributed by atoms with Gasteiger partial charge in [0.15, 0.2) is 0 Å². The highest BCUT2D eigenvalue weighted by Gasteiger charge is 2.52. The summed E-state index contributed by atoms with van der Waals surface area (Å²) in [5.41, 5.74) is 6.61. The second-order valence-corrected chi connectivity index (χ2v) is 10.9. The lowest BCUT2D eigenvalue weighted by molar-refractivity contribution is 0.00578. The predicted molar refractivity (Wildman–Crippen MR) is 154 cm³/mol. The van der Waals surface area contributed by atoms with Crippen molar-refractivity contribution in [2.45, 2.75) is 44.8 Å². The van der Waals surface area contributed by atoms with Crippen molar-refractivity contribution in [1.29, 1.82) is 0 Å². The molecule has 5 nitrogen and oxygen atoms in total. The third-order valence-corrected chi connectivity index (χ3v) is 7.86. The van der Waals surface area contributed by atoms with Gasteiger partial charge >= 0.3 is 13.2 Å². The summed E-state index contributed by atoms with van der Waals surface area (Å²) >= 11 is 0. The van der Waals surface area contributed by atoms with Crippen LogP contribution in [0.15, 0.2) is 84.8 Å². The van der Waals surface area contributed by atoms with Gasteiger partial charge in [-0.3, -0.25) is 0 Å². The topological polar surface area (TPSA) is 56.8 Å². The normalized spacial score (nSPS) is 17.6. The summed E-state index contributed by atoms with van der Waals surface area (Å²) in [4.78, 5) is 12.9. The van der Waals surface area contributed by atoms with Crippen LogP contribution in [0.3, 0.4) is 0 Å². The molecule has 0 spiro atoms. The summed E-state index contributed by atoms with van der Waals surface area (Å²) in [6, 6.07) is 24.6. The zero-order chi connectivity index (χ0) is 26.9. The summed E-state index contributed by atoms with van der Waals surface area (Å²) in [6.07, 6.45) is 3.33. The second-order valence-electron chi connectivity index (χ2n) is 10.9. The molecule has 1 aliphatic carbocycles. The van der Waals surface area contributed by atoms with Gasteiger partial charge in [-0.2, -0.15) is 0 Å². The highest BCUT2D eigenvalue weighted by Crippen LogP contribution is 2.44. The summed E-state index contributed by atoms with van der Waals surface area (Å²) in [5, 5.41) is 2.92. The molecule has 0 radical (unpaired) electrons. The summed E-state index contributed by atoms with van der Waals surface area (Å²) in [5.74, 6) is 0.00892. The van der Waals surface area contributed by atoms with Gasteiger partial charge < -0.3 is 19.4 Å². The minimum atomic E-state index is -0.590. The maximum absolute atomic E-state index is 12.9. The third kappa shape index (κ3) is 5.07. The molecule has 3 aromatic rings. The van der Waals surface area contributed by atoms with E-state index in [-0.39, 0.29) is 19.1 Å². The van der Waals surface area contributed by atoms with Gasteiger partial charge in [0.25, 0.3) is 0 Å². The van der Waals surface area contributed by atoms with Crippen LogP contribution in [0.4, 0.5) is 4.79 Å². The van der Waals surface area contributed by atoms with Crippen molar-refractivity contribution < 1.29 is 18.8 Å². The number of rotatable bonds is 7. The van der Waals surface area contributed by atoms with E-state index in [1.807, 2.05) is 82.3 Å². The van der Waals surface area contributed by atoms with E-state index < -0.39 is 24.4 Å². The minimum absolute atomic E-state index is 0.00892. The number of fused-ring (bicyclic) bond motifs is 3. The van der Waals surface area contributed by atoms with E-state index in [9.17, 15) is 4.79 Å². The molecule has 0 aromatic heterocycles. The van der Waals surface area contributed by atoms with Crippen LogP contribution in [0, 0.1) is 0 Å². The Hall–Kier alpha value is -3.61. The Morgan fingerprint density at radius 3 is 1.97 bits per heavy atom. The van der Waals surface area contributed by atoms with Crippen molar-refractivity contribution in [2.24, 2.45) is 0 Å². The van der Waals surface area contributed by atoms with E-state index in [1.165, 1.54) is 22.3 Å². The number of nitrogens with one attached hydrogen (secondary N) is 1. The van der Waals surface area contributed by atoms with Crippen molar-refractivity contribution in [3.8, 4) is 11.1 Å². The first-order valence-electron chi connectivity index (χ1n) is 13.1. The highest BCUT2D eigenvalue weighted by atomic mass is 16.7. The number of amides is 1. The molecule has 3 aromatic carbocycles. The van der Waals surface area contributed by atoms with Crippen LogP contribution in [0.5, 0.6) is 0 Å². The molecule has 2 aliphatic rings. The van der Waals surface area contributed by atoms with Crippen LogP contribution >= 0.6 is 0 Å². The fraction of sp³-hybridized carbons (Fsp3) is 0.281. The molecule has 5 rings (SSSR count). The number of hydrogen-bond donors (Lipinski definition) is 1. The Bertz CT molecular complexity index is 1310. The first kappa shape index (κ1) is 26.0. The van der Waals surface area contributed by atoms with Gasteiger partial charge in [-0.05, 0) is 66.5 Å². The van der Waals surface area contributed by atoms with E-state index in [0.717, 1.165) is 16.6 Å². The van der Waals surface area contributed by atoms with Crippen molar-refractivity contribution in [3.63, 3.8) is 0 Å². The van der Waals surface area contributed by atoms with Crippen LogP contribution in [0.2, 0.25) is 0 Å². The number of carbonyl (C=O) groups excluding carboxylic acids is 1. The van der Waals surface area contributed by atoms with Gasteiger partial charge in [0.05, 0.1) is 11.2 Å². The molecule has 0 bridgehead atoms. The standard InChI is InChI=1S/C32H34BNO4/c1-6-22-15-17-23(18-16-22)19-24(33-37-31(2,3)32(4,5)38-33)20-34-30(35)36-21-29-27-13-9-7-11-25(27)26-12-8-10-14-28(26)29/h6-19,29H,1,20-21H2,2-5H3,(H,34,35). The average Bonchev–Trinajstić information content (AvgIpc) is 3.34. The van der Waals surface area contributed by atoms with Gasteiger partial charge in [-0.15, -0.1) is 0 Å². The highest BCUT2D eigenvalue weighted by molar-refractivity contribution is 6.56. The summed E-state index contributed by atoms with van der Waals surface area (Å²) < 4.78 is 18.3. The van der Waals surface area contributed by atoms with Gasteiger partial charge in [0, 0.05) is 12.5 Å². The lowest BCUT2D eigenvalue weighted by Gasteiger charge is -2.32. The molecule has 1 N–H and O–H groups in total. The zero-order valence-electron chi connectivity index (χ0n) is 22.5. The van der Waals surface area contributed by atoms with Crippen LogP contribution < -0.4 is 5.32 Å². The number of alkyl carbamates (subject to hydrolysis) is 1. The Kier molecular flexibility index (Phi) is 7.04. The summed E-state index contributed by atoms with van der Waals surface area (Å²) in [6.45, 7) is 12.4. The lowest BCUT2D eigenvalue weighted by Crippen LogP contribution is -2.41. The number of hydrogen-bond acceptors (Lipinski definition) is 4. The molecule has 194 valence electrons. The van der Waals surface area contributed by atoms with Crippen LogP contribution in [0.1, 0.15) is 55.9 Å². The number of benzene rings is 3. The molecular weight excluding hydrogens is 473 g/mol. The first-order valence-corrected chi connectivity index (χ1v) is 13.1. The van der Waals surface area contributed by atoms with E-state index in [2.05, 4.69) is 36.2 Å². The minimum Gasteiger partial charge on any atom is -0.449 e. The second kappa shape index (κ2) is 10.3. The molecule has 1 saturated heterocycles. The quantitative estimate of drug-likeness (QED) is 0.354. The number of carbonyl (C=O) groups is 1. The SMILES string of the molecule is C=Cc1ccc(C=C(CNC(=O)OCC2c3ccccc3-c3ccccc32)B2OC(C)(C)C(C)(C)O2)cc1. The maximum atomic E-state index is 12.9. The average molecular weight is 507 g/mol. The first-order chi connectivity index (χ1) is 18.2. The molecule has 0 saturated carbocycles. The van der Waals surface area contributed by atoms with Crippen molar-refractivity contribution in [3.05, 3.63) is 107 Å². The molecule has 1 fully saturated rings. The molecule has 6 heteroatoms. The smallest absolute Gasteiger partial charge is 0.449 e. The van der Waals surface area contributed by atoms with Crippen LogP contribution in [-0.2, 0) is 14.0 Å². The monoisotopic (exact) mass is 507 g/mol. The van der Waals surface area contributed by atoms with E-state index in [4.69, 9.17) is 14.0 Å². The lowest BCUT2D eigenvalue weighted by atomic mass is 9.77. The van der Waals surface area contributed by atoms with Crippen molar-refractivity contribution >= 4 is 25.4 Å². The third-order valence-electron chi connectivity index (χ3n) is 7.86. The van der Waals surface area contributed by atoms with Gasteiger partial charge in [-0.1, -0.05) is 91.5 Å². The largest absolute Gasteiger partial charge is 0.492 e. The Labute approximate surface area is 225 Å². The Morgan fingerprint density at radius 1 is 0.895 bits per heavy atom. The van der Waals surface area contributed by atoms with Crippen LogP contribution in [-0.4, -0.2) is 37.6 Å². The molecule has 0 atom stereocenters. The summed E-state index contributed by atoms with van der Waals surface area (Å²) in [7, 11) is -0.590. The fourth-order valence-electron chi connectivity index (χ4n) is 4.96. The number of ether oxygens (including phenoxy) is 1. The van der Waals surface area contributed by atoms with Gasteiger partial charge in [0.1, 0.15) is 6.61 Å². The Balaban J connectivity index is 1.29. The maximum Gasteiger partial charge on any atom is 0.492 e. The van der Waals surface area contributed by atoms with E-state index in [0.29, 0.717) is 0 Å². The predicted octanol–water partition coefficient (Wildman–Crippen LogP) is 6.88. The molecule has 1 aliphatic heterocycles. The van der Waals surface area contributed by atoms with Crippen molar-refractivity contribution in [1.82, 2.24) is 5.32 Å². The fourth-order valence-corrected chi connectivity index (χ4v) is 4.96. The molecular formula is C32H34BNO4. The van der Waals surface area contributed by atoms with E-state index >= 15 is 0 Å². The van der Waals surface area contributed by atoms with E-state index in [1.54, 1.807) is 6.08 Å². The molecule has 1 heterocycles. The Morgan fingerprint density at radius 2 is 1.42 bits per heavy atom. The molecule has 0 unspecified atom stereocenters. The molecule has 1 amide bonds.